The molecule has 4 rings (SSSR count). The SMILES string of the molecule is Cc1ccc(C2=NN(c3ccc(S(N)(=O)=O)cc3)[C@@H](c3ccc(F)cc3)C2)cc1. The molecule has 0 saturated carbocycles. The van der Waals surface area contributed by atoms with Gasteiger partial charge in [0.15, 0.2) is 0 Å². The van der Waals surface area contributed by atoms with Crippen LogP contribution in [0.3, 0.4) is 0 Å². The lowest BCUT2D eigenvalue weighted by Gasteiger charge is -2.24. The van der Waals surface area contributed by atoms with E-state index in [0.717, 1.165) is 28.1 Å². The van der Waals surface area contributed by atoms with Crippen molar-refractivity contribution in [3.05, 3.63) is 95.3 Å². The Morgan fingerprint density at radius 3 is 2.17 bits per heavy atom. The van der Waals surface area contributed by atoms with Crippen LogP contribution in [0.4, 0.5) is 10.1 Å². The van der Waals surface area contributed by atoms with Gasteiger partial charge in [-0.1, -0.05) is 42.0 Å². The van der Waals surface area contributed by atoms with Gasteiger partial charge in [0.05, 0.1) is 22.3 Å². The summed E-state index contributed by atoms with van der Waals surface area (Å²) in [5, 5.41) is 11.8. The van der Waals surface area contributed by atoms with Crippen LogP contribution in [-0.4, -0.2) is 14.1 Å². The molecule has 0 radical (unpaired) electrons. The Balaban J connectivity index is 1.74. The van der Waals surface area contributed by atoms with Crippen molar-refractivity contribution in [3.8, 4) is 0 Å². The number of nitrogens with zero attached hydrogens (tertiary/aromatic N) is 2. The van der Waals surface area contributed by atoms with E-state index in [0.29, 0.717) is 6.42 Å². The zero-order chi connectivity index (χ0) is 20.6. The lowest BCUT2D eigenvalue weighted by atomic mass is 9.98. The van der Waals surface area contributed by atoms with Gasteiger partial charge in [0.25, 0.3) is 0 Å². The van der Waals surface area contributed by atoms with E-state index in [9.17, 15) is 12.8 Å². The highest BCUT2D eigenvalue weighted by atomic mass is 32.2. The minimum absolute atomic E-state index is 0.0431. The molecule has 5 nitrogen and oxygen atoms in total. The molecule has 1 atom stereocenters. The summed E-state index contributed by atoms with van der Waals surface area (Å²) >= 11 is 0. The Hall–Kier alpha value is -3.03. The van der Waals surface area contributed by atoms with Crippen LogP contribution in [0.2, 0.25) is 0 Å². The number of rotatable bonds is 4. The van der Waals surface area contributed by atoms with Crippen LogP contribution >= 0.6 is 0 Å². The van der Waals surface area contributed by atoms with E-state index < -0.39 is 10.0 Å². The molecule has 1 aliphatic rings. The quantitative estimate of drug-likeness (QED) is 0.704. The molecule has 2 N–H and O–H groups in total. The molecule has 1 aliphatic heterocycles. The van der Waals surface area contributed by atoms with E-state index in [4.69, 9.17) is 10.2 Å². The third-order valence-electron chi connectivity index (χ3n) is 4.98. The smallest absolute Gasteiger partial charge is 0.238 e. The van der Waals surface area contributed by atoms with Gasteiger partial charge in [-0.2, -0.15) is 5.10 Å². The van der Waals surface area contributed by atoms with Gasteiger partial charge in [0.1, 0.15) is 5.82 Å². The van der Waals surface area contributed by atoms with Gasteiger partial charge in [-0.15, -0.1) is 0 Å². The first-order chi connectivity index (χ1) is 13.8. The number of anilines is 1. The highest BCUT2D eigenvalue weighted by Gasteiger charge is 2.30. The van der Waals surface area contributed by atoms with Crippen LogP contribution in [-0.2, 0) is 10.0 Å². The molecule has 1 heterocycles. The molecule has 0 aromatic heterocycles. The van der Waals surface area contributed by atoms with Gasteiger partial charge >= 0.3 is 0 Å². The van der Waals surface area contributed by atoms with E-state index in [1.807, 2.05) is 36.2 Å². The average molecular weight is 409 g/mol. The highest BCUT2D eigenvalue weighted by molar-refractivity contribution is 7.89. The van der Waals surface area contributed by atoms with Crippen LogP contribution in [0.5, 0.6) is 0 Å². The van der Waals surface area contributed by atoms with Crippen LogP contribution in [0, 0.1) is 12.7 Å². The number of hydrogen-bond donors (Lipinski definition) is 1. The zero-order valence-electron chi connectivity index (χ0n) is 15.8. The molecule has 0 saturated heterocycles. The fourth-order valence-corrected chi connectivity index (χ4v) is 3.92. The molecule has 148 valence electrons. The summed E-state index contributed by atoms with van der Waals surface area (Å²) in [6, 6.07) is 20.6. The Labute approximate surface area is 169 Å². The minimum Gasteiger partial charge on any atom is -0.257 e. The van der Waals surface area contributed by atoms with Gasteiger partial charge in [0.2, 0.25) is 10.0 Å². The zero-order valence-corrected chi connectivity index (χ0v) is 16.6. The van der Waals surface area contributed by atoms with Gasteiger partial charge in [-0.3, -0.25) is 5.01 Å². The summed E-state index contributed by atoms with van der Waals surface area (Å²) in [5.41, 5.74) is 4.75. The molecular weight excluding hydrogens is 389 g/mol. The fourth-order valence-electron chi connectivity index (χ4n) is 3.40. The molecule has 0 bridgehead atoms. The molecule has 0 aliphatic carbocycles. The minimum atomic E-state index is -3.77. The standard InChI is InChI=1S/C22H20FN3O2S/c1-15-2-4-16(5-3-15)21-14-22(17-6-8-18(23)9-7-17)26(25-21)19-10-12-20(13-11-19)29(24,27)28/h2-13,22H,14H2,1H3,(H2,24,27,28)/t22-/m1/s1. The summed E-state index contributed by atoms with van der Waals surface area (Å²) in [6.45, 7) is 2.03. The Kier molecular flexibility index (Phi) is 4.94. The van der Waals surface area contributed by atoms with Crippen molar-refractivity contribution in [2.24, 2.45) is 10.2 Å². The molecule has 0 amide bonds. The van der Waals surface area contributed by atoms with Crippen molar-refractivity contribution in [3.63, 3.8) is 0 Å². The first kappa shape index (κ1) is 19.3. The van der Waals surface area contributed by atoms with Crippen molar-refractivity contribution in [1.82, 2.24) is 0 Å². The number of sulfonamides is 1. The first-order valence-corrected chi connectivity index (χ1v) is 10.7. The van der Waals surface area contributed by atoms with Crippen molar-refractivity contribution in [1.29, 1.82) is 0 Å². The van der Waals surface area contributed by atoms with Crippen LogP contribution in [0.25, 0.3) is 0 Å². The average Bonchev–Trinajstić information content (AvgIpc) is 3.14. The molecular formula is C22H20FN3O2S. The first-order valence-electron chi connectivity index (χ1n) is 9.13. The number of hydrogen-bond acceptors (Lipinski definition) is 4. The molecule has 7 heteroatoms. The number of nitrogens with two attached hydrogens (primary N) is 1. The number of primary sulfonamides is 1. The van der Waals surface area contributed by atoms with Crippen molar-refractivity contribution in [2.45, 2.75) is 24.3 Å². The third-order valence-corrected chi connectivity index (χ3v) is 5.91. The maximum absolute atomic E-state index is 13.4. The predicted molar refractivity (Wildman–Crippen MR) is 112 cm³/mol. The summed E-state index contributed by atoms with van der Waals surface area (Å²) in [7, 11) is -3.77. The number of aryl methyl sites for hydroxylation is 1. The van der Waals surface area contributed by atoms with Gasteiger partial charge in [-0.25, -0.2) is 17.9 Å². The van der Waals surface area contributed by atoms with Crippen molar-refractivity contribution in [2.75, 3.05) is 5.01 Å². The lowest BCUT2D eigenvalue weighted by Crippen LogP contribution is -2.19. The van der Waals surface area contributed by atoms with E-state index in [1.54, 1.807) is 24.3 Å². The summed E-state index contributed by atoms with van der Waals surface area (Å²) in [4.78, 5) is 0.0431. The monoisotopic (exact) mass is 409 g/mol. The largest absolute Gasteiger partial charge is 0.257 e. The van der Waals surface area contributed by atoms with E-state index >= 15 is 0 Å². The Morgan fingerprint density at radius 1 is 0.966 bits per heavy atom. The third kappa shape index (κ3) is 4.06. The highest BCUT2D eigenvalue weighted by Crippen LogP contribution is 2.37. The van der Waals surface area contributed by atoms with Crippen LogP contribution in [0.15, 0.2) is 82.8 Å². The van der Waals surface area contributed by atoms with Crippen molar-refractivity contribution >= 4 is 21.4 Å². The van der Waals surface area contributed by atoms with E-state index in [2.05, 4.69) is 0 Å². The topological polar surface area (TPSA) is 75.8 Å². The maximum Gasteiger partial charge on any atom is 0.238 e. The summed E-state index contributed by atoms with van der Waals surface area (Å²) in [6.07, 6.45) is 0.644. The molecule has 0 fully saturated rings. The number of halogens is 1. The van der Waals surface area contributed by atoms with E-state index in [-0.39, 0.29) is 16.8 Å². The predicted octanol–water partition coefficient (Wildman–Crippen LogP) is 4.14. The number of hydrazone groups is 1. The summed E-state index contributed by atoms with van der Waals surface area (Å²) in [5.74, 6) is -0.296. The molecule has 0 unspecified atom stereocenters. The lowest BCUT2D eigenvalue weighted by molar-refractivity contribution is 0.597. The van der Waals surface area contributed by atoms with E-state index in [1.165, 1.54) is 24.3 Å². The maximum atomic E-state index is 13.4. The van der Waals surface area contributed by atoms with Crippen LogP contribution in [0.1, 0.15) is 29.2 Å². The molecule has 29 heavy (non-hydrogen) atoms. The van der Waals surface area contributed by atoms with Crippen molar-refractivity contribution < 1.29 is 12.8 Å². The normalized spacial score (nSPS) is 16.7. The van der Waals surface area contributed by atoms with Crippen LogP contribution < -0.4 is 10.1 Å². The van der Waals surface area contributed by atoms with Gasteiger partial charge in [0, 0.05) is 6.42 Å². The Bertz CT molecular complexity index is 1160. The second-order valence-corrected chi connectivity index (χ2v) is 8.63. The number of benzene rings is 3. The molecule has 3 aromatic carbocycles. The molecule has 3 aromatic rings. The van der Waals surface area contributed by atoms with Gasteiger partial charge < -0.3 is 0 Å². The Morgan fingerprint density at radius 2 is 1.59 bits per heavy atom. The second kappa shape index (κ2) is 7.42. The van der Waals surface area contributed by atoms with Gasteiger partial charge in [-0.05, 0) is 54.4 Å². The summed E-state index contributed by atoms with van der Waals surface area (Å²) < 4.78 is 36.5. The second-order valence-electron chi connectivity index (χ2n) is 7.07. The fraction of sp³-hybridized carbons (Fsp3) is 0.136. The molecule has 0 spiro atoms.